The lowest BCUT2D eigenvalue weighted by atomic mass is 10.3. The summed E-state index contributed by atoms with van der Waals surface area (Å²) in [4.78, 5) is 7.61. The lowest BCUT2D eigenvalue weighted by Crippen LogP contribution is -2.38. The molecule has 1 aromatic carbocycles. The molecule has 1 aromatic heterocycles. The van der Waals surface area contributed by atoms with E-state index in [-0.39, 0.29) is 5.52 Å². The molecule has 0 bridgehead atoms. The molecule has 0 atom stereocenters. The van der Waals surface area contributed by atoms with E-state index in [0.29, 0.717) is 10.2 Å². The van der Waals surface area contributed by atoms with Gasteiger partial charge in [0.25, 0.3) is 0 Å². The van der Waals surface area contributed by atoms with Crippen LogP contribution in [-0.2, 0) is 0 Å². The second-order valence-electron chi connectivity index (χ2n) is 3.01. The number of hydrogen-bond donors (Lipinski definition) is 0. The average Bonchev–Trinajstić information content (AvgIpc) is 2.61. The van der Waals surface area contributed by atoms with Gasteiger partial charge in [-0.15, -0.1) is 0 Å². The van der Waals surface area contributed by atoms with Crippen LogP contribution in [0.5, 0.6) is 0 Å². The van der Waals surface area contributed by atoms with E-state index in [4.69, 9.17) is 0 Å². The third-order valence-corrected chi connectivity index (χ3v) is 1.89. The van der Waals surface area contributed by atoms with Crippen molar-refractivity contribution in [2.75, 3.05) is 0 Å². The maximum Gasteiger partial charge on any atom is 0.479 e. The van der Waals surface area contributed by atoms with Crippen molar-refractivity contribution < 1.29 is 22.4 Å². The first kappa shape index (κ1) is 10.7. The molecule has 0 saturated carbocycles. The minimum absolute atomic E-state index is 0.197. The lowest BCUT2D eigenvalue weighted by molar-refractivity contribution is -0.297. The molecule has 0 saturated heterocycles. The van der Waals surface area contributed by atoms with Gasteiger partial charge >= 0.3 is 12.5 Å². The van der Waals surface area contributed by atoms with Crippen LogP contribution in [-0.4, -0.2) is 22.2 Å². The number of halogens is 4. The fourth-order valence-corrected chi connectivity index (χ4v) is 1.18. The van der Waals surface area contributed by atoms with Gasteiger partial charge in [-0.05, 0) is 12.1 Å². The van der Waals surface area contributed by atoms with Crippen molar-refractivity contribution in [3.8, 4) is 0 Å². The van der Waals surface area contributed by atoms with Crippen LogP contribution in [0.2, 0.25) is 0 Å². The van der Waals surface area contributed by atoms with Gasteiger partial charge in [-0.2, -0.15) is 22.3 Å². The maximum atomic E-state index is 12.6. The molecule has 86 valence electrons. The molecule has 0 fully saturated rings. The highest BCUT2D eigenvalue weighted by molar-refractivity contribution is 5.74. The molecule has 2 aromatic rings. The Kier molecular flexibility index (Phi) is 2.45. The van der Waals surface area contributed by atoms with Crippen LogP contribution >= 0.6 is 0 Å². The largest absolute Gasteiger partial charge is 0.479 e. The topological polar surface area (TPSA) is 27.1 Å². The Morgan fingerprint density at radius 1 is 1.25 bits per heavy atom. The number of benzene rings is 1. The van der Waals surface area contributed by atoms with Crippen LogP contribution in [0.25, 0.3) is 11.0 Å². The molecule has 0 unspecified atom stereocenters. The van der Waals surface area contributed by atoms with E-state index in [1.54, 1.807) is 18.2 Å². The van der Waals surface area contributed by atoms with E-state index < -0.39 is 12.5 Å². The van der Waals surface area contributed by atoms with Crippen LogP contribution in [0.1, 0.15) is 0 Å². The fraction of sp³-hybridized carbons (Fsp3) is 0.222. The number of alkyl halides is 4. The Balaban J connectivity index is 2.35. The fourth-order valence-electron chi connectivity index (χ4n) is 1.18. The van der Waals surface area contributed by atoms with Gasteiger partial charge in [0.1, 0.15) is 11.8 Å². The third-order valence-electron chi connectivity index (χ3n) is 1.89. The Morgan fingerprint density at radius 3 is 2.62 bits per heavy atom. The Morgan fingerprint density at radius 2 is 1.94 bits per heavy atom. The smallest absolute Gasteiger partial charge is 0.335 e. The van der Waals surface area contributed by atoms with Crippen molar-refractivity contribution in [3.63, 3.8) is 0 Å². The van der Waals surface area contributed by atoms with E-state index in [1.807, 2.05) is 0 Å². The zero-order chi connectivity index (χ0) is 11.8. The van der Waals surface area contributed by atoms with E-state index >= 15 is 0 Å². The van der Waals surface area contributed by atoms with Crippen molar-refractivity contribution >= 4 is 11.0 Å². The summed E-state index contributed by atoms with van der Waals surface area (Å²) in [5.41, 5.74) is 0.579. The first-order chi connectivity index (χ1) is 7.50. The first-order valence-corrected chi connectivity index (χ1v) is 4.28. The molecular formula is C9H6F4N2O. The van der Waals surface area contributed by atoms with Crippen molar-refractivity contribution in [2.24, 2.45) is 0 Å². The molecule has 0 aliphatic carbocycles. The van der Waals surface area contributed by atoms with E-state index in [0.717, 1.165) is 6.33 Å². The summed E-state index contributed by atoms with van der Waals surface area (Å²) >= 11 is 0. The van der Waals surface area contributed by atoms with Crippen LogP contribution in [0.4, 0.5) is 17.6 Å². The van der Waals surface area contributed by atoms with Gasteiger partial charge < -0.3 is 4.84 Å². The summed E-state index contributed by atoms with van der Waals surface area (Å²) in [6.45, 7) is 0. The molecule has 0 N–H and O–H groups in total. The SMILES string of the molecule is FC(F)C(F)(F)On1cnc2ccccc21. The van der Waals surface area contributed by atoms with E-state index in [2.05, 4.69) is 9.82 Å². The van der Waals surface area contributed by atoms with Gasteiger partial charge in [0, 0.05) is 0 Å². The molecule has 16 heavy (non-hydrogen) atoms. The summed E-state index contributed by atoms with van der Waals surface area (Å²) in [7, 11) is 0. The molecule has 0 spiro atoms. The molecule has 0 aliphatic rings. The van der Waals surface area contributed by atoms with Crippen LogP contribution in [0, 0.1) is 0 Å². The number of aromatic nitrogens is 2. The summed E-state index contributed by atoms with van der Waals surface area (Å²) < 4.78 is 49.6. The highest BCUT2D eigenvalue weighted by Crippen LogP contribution is 2.22. The number of imidazole rings is 1. The summed E-state index contributed by atoms with van der Waals surface area (Å²) in [6, 6.07) is 6.19. The van der Waals surface area contributed by atoms with Gasteiger partial charge in [-0.25, -0.2) is 4.98 Å². The van der Waals surface area contributed by atoms with Crippen molar-refractivity contribution in [1.29, 1.82) is 0 Å². The van der Waals surface area contributed by atoms with Gasteiger partial charge in [0.15, 0.2) is 0 Å². The number of fused-ring (bicyclic) bond motifs is 1. The summed E-state index contributed by atoms with van der Waals surface area (Å²) in [6.07, 6.45) is -7.52. The van der Waals surface area contributed by atoms with Crippen LogP contribution in [0.15, 0.2) is 30.6 Å². The minimum Gasteiger partial charge on any atom is -0.335 e. The van der Waals surface area contributed by atoms with Gasteiger partial charge in [0.2, 0.25) is 0 Å². The molecule has 7 heteroatoms. The molecule has 3 nitrogen and oxygen atoms in total. The van der Waals surface area contributed by atoms with Crippen molar-refractivity contribution in [3.05, 3.63) is 30.6 Å². The monoisotopic (exact) mass is 234 g/mol. The van der Waals surface area contributed by atoms with Gasteiger partial charge in [-0.3, -0.25) is 0 Å². The standard InChI is InChI=1S/C9H6F4N2O/c10-8(11)9(12,13)16-15-5-14-6-3-1-2-4-7(6)15/h1-5,8H. The zero-order valence-corrected chi connectivity index (χ0v) is 7.78. The summed E-state index contributed by atoms with van der Waals surface area (Å²) in [5, 5.41) is 0. The quantitative estimate of drug-likeness (QED) is 0.762. The zero-order valence-electron chi connectivity index (χ0n) is 7.78. The number of rotatable bonds is 3. The van der Waals surface area contributed by atoms with Gasteiger partial charge in [-0.1, -0.05) is 12.1 Å². The van der Waals surface area contributed by atoms with Crippen LogP contribution in [0.3, 0.4) is 0 Å². The number of hydrogen-bond acceptors (Lipinski definition) is 2. The van der Waals surface area contributed by atoms with E-state index in [1.165, 1.54) is 6.07 Å². The average molecular weight is 234 g/mol. The second kappa shape index (κ2) is 3.66. The maximum absolute atomic E-state index is 12.6. The molecule has 1 heterocycles. The third kappa shape index (κ3) is 1.80. The second-order valence-corrected chi connectivity index (χ2v) is 3.01. The predicted molar refractivity (Wildman–Crippen MR) is 47.3 cm³/mol. The molecule has 0 radical (unpaired) electrons. The molecular weight excluding hydrogens is 228 g/mol. The van der Waals surface area contributed by atoms with Crippen molar-refractivity contribution in [1.82, 2.24) is 9.71 Å². The Hall–Kier alpha value is -1.79. The number of para-hydroxylation sites is 2. The van der Waals surface area contributed by atoms with Crippen molar-refractivity contribution in [2.45, 2.75) is 12.5 Å². The normalized spacial score (nSPS) is 12.3. The number of nitrogens with zero attached hydrogens (tertiary/aromatic N) is 2. The van der Waals surface area contributed by atoms with Crippen LogP contribution < -0.4 is 4.84 Å². The molecule has 2 rings (SSSR count). The predicted octanol–water partition coefficient (Wildman–Crippen LogP) is 2.32. The molecule has 0 amide bonds. The summed E-state index contributed by atoms with van der Waals surface area (Å²) in [5.74, 6) is 0. The Labute approximate surface area is 87.2 Å². The molecule has 0 aliphatic heterocycles. The van der Waals surface area contributed by atoms with E-state index in [9.17, 15) is 17.6 Å². The van der Waals surface area contributed by atoms with Gasteiger partial charge in [0.05, 0.1) is 5.52 Å². The Bertz CT molecular complexity index is 497. The highest BCUT2D eigenvalue weighted by atomic mass is 19.3. The minimum atomic E-state index is -4.54. The highest BCUT2D eigenvalue weighted by Gasteiger charge is 2.45. The first-order valence-electron chi connectivity index (χ1n) is 4.28. The lowest BCUT2D eigenvalue weighted by Gasteiger charge is -2.16.